The zero-order chi connectivity index (χ0) is 24.8. The Labute approximate surface area is 210 Å². The summed E-state index contributed by atoms with van der Waals surface area (Å²) in [6.45, 7) is 9.53. The van der Waals surface area contributed by atoms with Gasteiger partial charge in [-0.1, -0.05) is 13.8 Å². The quantitative estimate of drug-likeness (QED) is 0.316. The van der Waals surface area contributed by atoms with Crippen molar-refractivity contribution in [2.45, 2.75) is 77.8 Å². The van der Waals surface area contributed by atoms with E-state index in [0.717, 1.165) is 71.5 Å². The number of aromatic nitrogens is 6. The number of oxazole rings is 1. The number of aryl methyl sites for hydroxylation is 1. The minimum absolute atomic E-state index is 0.332. The zero-order valence-electron chi connectivity index (χ0n) is 21.4. The molecule has 0 amide bonds. The summed E-state index contributed by atoms with van der Waals surface area (Å²) in [4.78, 5) is 17.4. The van der Waals surface area contributed by atoms with Crippen LogP contribution >= 0.6 is 0 Å². The maximum absolute atomic E-state index is 5.36. The van der Waals surface area contributed by atoms with E-state index in [9.17, 15) is 0 Å². The SMILES string of the molecule is Cc1c(-c2[nH]c3ccc(C4CCC(NCc5cnco5)CC4)nc3c2C(C)C)cn2ncnc2c1C. The Kier molecular flexibility index (Phi) is 5.84. The Bertz CT molecular complexity index is 1500. The Balaban J connectivity index is 1.29. The Morgan fingerprint density at radius 1 is 1.14 bits per heavy atom. The van der Waals surface area contributed by atoms with E-state index in [4.69, 9.17) is 9.40 Å². The fourth-order valence-electron chi connectivity index (χ4n) is 5.72. The number of pyridine rings is 2. The van der Waals surface area contributed by atoms with Gasteiger partial charge in [0.25, 0.3) is 0 Å². The van der Waals surface area contributed by atoms with Crippen LogP contribution in [0.5, 0.6) is 0 Å². The molecule has 0 aliphatic heterocycles. The largest absolute Gasteiger partial charge is 0.447 e. The van der Waals surface area contributed by atoms with Gasteiger partial charge < -0.3 is 14.7 Å². The van der Waals surface area contributed by atoms with E-state index in [-0.39, 0.29) is 0 Å². The normalized spacial score (nSPS) is 18.6. The number of aromatic amines is 1. The summed E-state index contributed by atoms with van der Waals surface area (Å²) in [6, 6.07) is 4.95. The molecule has 5 aromatic rings. The van der Waals surface area contributed by atoms with Crippen LogP contribution in [-0.4, -0.2) is 35.6 Å². The molecule has 8 nitrogen and oxygen atoms in total. The van der Waals surface area contributed by atoms with Gasteiger partial charge in [0, 0.05) is 35.0 Å². The molecule has 1 saturated carbocycles. The van der Waals surface area contributed by atoms with Crippen molar-refractivity contribution >= 4 is 16.7 Å². The van der Waals surface area contributed by atoms with Gasteiger partial charge in [0.1, 0.15) is 12.1 Å². The molecular formula is C28H33N7O. The van der Waals surface area contributed by atoms with E-state index >= 15 is 0 Å². The predicted octanol–water partition coefficient (Wildman–Crippen LogP) is 5.82. The second-order valence-corrected chi connectivity index (χ2v) is 10.4. The topological polar surface area (TPSA) is 96.9 Å². The molecule has 0 radical (unpaired) electrons. The number of nitrogens with zero attached hydrogens (tertiary/aromatic N) is 5. The fourth-order valence-corrected chi connectivity index (χ4v) is 5.72. The summed E-state index contributed by atoms with van der Waals surface area (Å²) < 4.78 is 7.23. The van der Waals surface area contributed by atoms with Crippen molar-refractivity contribution in [3.05, 3.63) is 65.4 Å². The molecule has 1 aliphatic carbocycles. The first kappa shape index (κ1) is 22.9. The molecule has 186 valence electrons. The van der Waals surface area contributed by atoms with E-state index in [0.29, 0.717) is 17.9 Å². The molecule has 0 atom stereocenters. The van der Waals surface area contributed by atoms with Crippen LogP contribution in [0.2, 0.25) is 0 Å². The highest BCUT2D eigenvalue weighted by Crippen LogP contribution is 2.39. The van der Waals surface area contributed by atoms with Gasteiger partial charge in [-0.25, -0.2) is 14.5 Å². The minimum Gasteiger partial charge on any atom is -0.447 e. The van der Waals surface area contributed by atoms with Gasteiger partial charge in [-0.15, -0.1) is 0 Å². The third kappa shape index (κ3) is 3.99. The average Bonchev–Trinajstić information content (AvgIpc) is 3.64. The monoisotopic (exact) mass is 483 g/mol. The van der Waals surface area contributed by atoms with Crippen molar-refractivity contribution in [2.24, 2.45) is 0 Å². The number of rotatable bonds is 6. The molecule has 5 heterocycles. The third-order valence-corrected chi connectivity index (χ3v) is 7.87. The van der Waals surface area contributed by atoms with Gasteiger partial charge >= 0.3 is 0 Å². The van der Waals surface area contributed by atoms with Gasteiger partial charge in [0.05, 0.1) is 29.5 Å². The van der Waals surface area contributed by atoms with Crippen LogP contribution in [0.15, 0.2) is 41.7 Å². The van der Waals surface area contributed by atoms with E-state index in [1.165, 1.54) is 23.2 Å². The van der Waals surface area contributed by atoms with Gasteiger partial charge in [-0.2, -0.15) is 5.10 Å². The number of hydrogen-bond acceptors (Lipinski definition) is 6. The minimum atomic E-state index is 0.332. The van der Waals surface area contributed by atoms with E-state index in [1.807, 2.05) is 4.52 Å². The van der Waals surface area contributed by atoms with Gasteiger partial charge in [-0.3, -0.25) is 4.98 Å². The molecule has 0 spiro atoms. The molecule has 0 saturated heterocycles. The van der Waals surface area contributed by atoms with E-state index in [2.05, 4.69) is 71.4 Å². The summed E-state index contributed by atoms with van der Waals surface area (Å²) in [5, 5.41) is 8.03. The molecule has 0 aromatic carbocycles. The third-order valence-electron chi connectivity index (χ3n) is 7.87. The molecular weight excluding hydrogens is 450 g/mol. The number of nitrogens with one attached hydrogen (secondary N) is 2. The lowest BCUT2D eigenvalue weighted by Gasteiger charge is -2.28. The van der Waals surface area contributed by atoms with Crippen molar-refractivity contribution in [2.75, 3.05) is 0 Å². The molecule has 1 aliphatic rings. The van der Waals surface area contributed by atoms with Crippen molar-refractivity contribution in [3.8, 4) is 11.3 Å². The van der Waals surface area contributed by atoms with Crippen LogP contribution in [0.3, 0.4) is 0 Å². The van der Waals surface area contributed by atoms with Crippen molar-refractivity contribution in [3.63, 3.8) is 0 Å². The molecule has 2 N–H and O–H groups in total. The summed E-state index contributed by atoms with van der Waals surface area (Å²) in [7, 11) is 0. The molecule has 0 bridgehead atoms. The molecule has 8 heteroatoms. The predicted molar refractivity (Wildman–Crippen MR) is 140 cm³/mol. The Morgan fingerprint density at radius 2 is 1.97 bits per heavy atom. The molecule has 0 unspecified atom stereocenters. The van der Waals surface area contributed by atoms with Crippen LogP contribution in [0.25, 0.3) is 27.9 Å². The highest BCUT2D eigenvalue weighted by molar-refractivity contribution is 5.89. The summed E-state index contributed by atoms with van der Waals surface area (Å²) in [5.74, 6) is 1.72. The number of H-pyrrole nitrogens is 1. The maximum Gasteiger partial charge on any atom is 0.180 e. The van der Waals surface area contributed by atoms with Crippen LogP contribution in [-0.2, 0) is 6.54 Å². The second-order valence-electron chi connectivity index (χ2n) is 10.4. The first-order valence-corrected chi connectivity index (χ1v) is 12.9. The highest BCUT2D eigenvalue weighted by atomic mass is 16.3. The number of hydrogen-bond donors (Lipinski definition) is 2. The Hall–Kier alpha value is -3.52. The molecule has 6 rings (SSSR count). The van der Waals surface area contributed by atoms with Crippen molar-refractivity contribution < 1.29 is 4.42 Å². The number of fused-ring (bicyclic) bond motifs is 2. The average molecular weight is 484 g/mol. The first-order chi connectivity index (χ1) is 17.5. The maximum atomic E-state index is 5.36. The van der Waals surface area contributed by atoms with Gasteiger partial charge in [-0.05, 0) is 68.7 Å². The summed E-state index contributed by atoms with van der Waals surface area (Å²) in [5.41, 5.74) is 10.3. The molecule has 5 aromatic heterocycles. The van der Waals surface area contributed by atoms with Crippen LogP contribution in [0.4, 0.5) is 0 Å². The van der Waals surface area contributed by atoms with Crippen LogP contribution in [0, 0.1) is 13.8 Å². The van der Waals surface area contributed by atoms with E-state index in [1.54, 1.807) is 12.5 Å². The summed E-state index contributed by atoms with van der Waals surface area (Å²) >= 11 is 0. The van der Waals surface area contributed by atoms with Gasteiger partial charge in [0.15, 0.2) is 12.0 Å². The first-order valence-electron chi connectivity index (χ1n) is 12.9. The molecule has 1 fully saturated rings. The highest BCUT2D eigenvalue weighted by Gasteiger charge is 2.25. The second kappa shape index (κ2) is 9.17. The Morgan fingerprint density at radius 3 is 2.72 bits per heavy atom. The smallest absolute Gasteiger partial charge is 0.180 e. The van der Waals surface area contributed by atoms with Gasteiger partial charge in [0.2, 0.25) is 0 Å². The fraction of sp³-hybridized carbons (Fsp3) is 0.429. The van der Waals surface area contributed by atoms with E-state index < -0.39 is 0 Å². The zero-order valence-corrected chi connectivity index (χ0v) is 21.4. The van der Waals surface area contributed by atoms with Crippen molar-refractivity contribution in [1.29, 1.82) is 0 Å². The lowest BCUT2D eigenvalue weighted by atomic mass is 9.83. The lowest BCUT2D eigenvalue weighted by Crippen LogP contribution is -2.32. The van der Waals surface area contributed by atoms with Crippen molar-refractivity contribution in [1.82, 2.24) is 34.9 Å². The molecule has 36 heavy (non-hydrogen) atoms. The van der Waals surface area contributed by atoms with Crippen LogP contribution < -0.4 is 5.32 Å². The van der Waals surface area contributed by atoms with Crippen LogP contribution in [0.1, 0.15) is 79.5 Å². The standard InChI is InChI=1S/C28H33N7O/c1-16(2)25-26(22-13-35-28(31-14-32-35)18(4)17(22)3)34-24-10-9-23(33-27(24)25)19-5-7-20(8-6-19)30-12-21-11-29-15-36-21/h9-11,13-16,19-20,30,34H,5-8,12H2,1-4H3. The summed E-state index contributed by atoms with van der Waals surface area (Å²) in [6.07, 6.45) is 11.5. The lowest BCUT2D eigenvalue weighted by molar-refractivity contribution is 0.328.